The van der Waals surface area contributed by atoms with E-state index in [1.807, 2.05) is 17.0 Å². The highest BCUT2D eigenvalue weighted by atomic mass is 79.9. The van der Waals surface area contributed by atoms with Crippen LogP contribution >= 0.6 is 27.5 Å². The van der Waals surface area contributed by atoms with Crippen LogP contribution in [0, 0.1) is 0 Å². The van der Waals surface area contributed by atoms with Gasteiger partial charge in [0.05, 0.1) is 17.5 Å². The largest absolute Gasteiger partial charge is 0.380 e. The van der Waals surface area contributed by atoms with Crippen LogP contribution in [0.5, 0.6) is 0 Å². The second-order valence-electron chi connectivity index (χ2n) is 4.41. The number of amides is 1. The Hall–Kier alpha value is -0.580. The van der Waals surface area contributed by atoms with Gasteiger partial charge in [-0.1, -0.05) is 17.7 Å². The average Bonchev–Trinajstić information content (AvgIpc) is 2.82. The summed E-state index contributed by atoms with van der Waals surface area (Å²) in [6.45, 7) is 1.48. The number of carbonyl (C=O) groups excluding carboxylic acids is 1. The highest BCUT2D eigenvalue weighted by Crippen LogP contribution is 2.24. The number of likely N-dealkylation sites (tertiary alicyclic amines) is 1. The van der Waals surface area contributed by atoms with E-state index >= 15 is 0 Å². The summed E-state index contributed by atoms with van der Waals surface area (Å²) >= 11 is 9.29. The second kappa shape index (κ2) is 6.04. The van der Waals surface area contributed by atoms with E-state index in [0.717, 1.165) is 23.0 Å². The van der Waals surface area contributed by atoms with Gasteiger partial charge in [0.25, 0.3) is 0 Å². The highest BCUT2D eigenvalue weighted by Gasteiger charge is 2.25. The van der Waals surface area contributed by atoms with Gasteiger partial charge in [-0.3, -0.25) is 4.79 Å². The zero-order chi connectivity index (χ0) is 13.1. The van der Waals surface area contributed by atoms with Gasteiger partial charge in [-0.25, -0.2) is 0 Å². The molecule has 98 valence electrons. The fourth-order valence-electron chi connectivity index (χ4n) is 2.08. The predicted octanol–water partition coefficient (Wildman–Crippen LogP) is 2.89. The molecule has 1 aliphatic rings. The molecule has 0 saturated carbocycles. The number of hydrogen-bond acceptors (Lipinski definition) is 2. The maximum atomic E-state index is 12.1. The molecule has 0 aliphatic carbocycles. The molecule has 0 aromatic heterocycles. The number of benzene rings is 1. The standard InChI is InChI=1S/C13H15BrClNO2/c1-18-10-4-5-16(8-10)13(17)7-9-2-3-12(15)11(14)6-9/h2-3,6,10H,4-5,7-8H2,1H3. The van der Waals surface area contributed by atoms with Crippen molar-refractivity contribution < 1.29 is 9.53 Å². The van der Waals surface area contributed by atoms with E-state index in [0.29, 0.717) is 18.0 Å². The number of halogens is 2. The monoisotopic (exact) mass is 331 g/mol. The van der Waals surface area contributed by atoms with Crippen molar-refractivity contribution in [3.05, 3.63) is 33.3 Å². The second-order valence-corrected chi connectivity index (χ2v) is 5.67. The van der Waals surface area contributed by atoms with Gasteiger partial charge in [-0.2, -0.15) is 0 Å². The van der Waals surface area contributed by atoms with Gasteiger partial charge >= 0.3 is 0 Å². The molecular formula is C13H15BrClNO2. The van der Waals surface area contributed by atoms with Crippen LogP contribution in [-0.2, 0) is 16.0 Å². The third-order valence-electron chi connectivity index (χ3n) is 3.17. The Morgan fingerprint density at radius 1 is 1.61 bits per heavy atom. The van der Waals surface area contributed by atoms with Gasteiger partial charge in [-0.15, -0.1) is 0 Å². The van der Waals surface area contributed by atoms with Gasteiger partial charge in [0.1, 0.15) is 0 Å². The zero-order valence-electron chi connectivity index (χ0n) is 10.2. The lowest BCUT2D eigenvalue weighted by Gasteiger charge is -2.16. The molecular weight excluding hydrogens is 318 g/mol. The molecule has 1 unspecified atom stereocenters. The summed E-state index contributed by atoms with van der Waals surface area (Å²) in [7, 11) is 1.69. The first-order valence-electron chi connectivity index (χ1n) is 5.84. The van der Waals surface area contributed by atoms with Gasteiger partial charge in [-0.05, 0) is 40.0 Å². The Balaban J connectivity index is 1.97. The first-order valence-corrected chi connectivity index (χ1v) is 7.01. The molecule has 1 atom stereocenters. The minimum Gasteiger partial charge on any atom is -0.380 e. The van der Waals surface area contributed by atoms with E-state index in [1.54, 1.807) is 13.2 Å². The Morgan fingerprint density at radius 2 is 2.39 bits per heavy atom. The molecule has 1 aromatic rings. The van der Waals surface area contributed by atoms with Crippen molar-refractivity contribution in [3.8, 4) is 0 Å². The molecule has 1 fully saturated rings. The predicted molar refractivity (Wildman–Crippen MR) is 74.9 cm³/mol. The first kappa shape index (κ1) is 13.8. The van der Waals surface area contributed by atoms with Crippen molar-refractivity contribution in [1.29, 1.82) is 0 Å². The fourth-order valence-corrected chi connectivity index (χ4v) is 2.63. The summed E-state index contributed by atoms with van der Waals surface area (Å²) in [5.74, 6) is 0.142. The Kier molecular flexibility index (Phi) is 4.65. The van der Waals surface area contributed by atoms with Gasteiger partial charge in [0.2, 0.25) is 5.91 Å². The quantitative estimate of drug-likeness (QED) is 0.852. The zero-order valence-corrected chi connectivity index (χ0v) is 12.5. The van der Waals surface area contributed by atoms with Crippen LogP contribution in [0.3, 0.4) is 0 Å². The van der Waals surface area contributed by atoms with Crippen molar-refractivity contribution in [1.82, 2.24) is 4.90 Å². The normalized spacial score (nSPS) is 19.3. The summed E-state index contributed by atoms with van der Waals surface area (Å²) in [4.78, 5) is 14.0. The lowest BCUT2D eigenvalue weighted by molar-refractivity contribution is -0.129. The van der Waals surface area contributed by atoms with Crippen LogP contribution < -0.4 is 0 Å². The summed E-state index contributed by atoms with van der Waals surface area (Å²) in [6, 6.07) is 5.58. The molecule has 0 spiro atoms. The fraction of sp³-hybridized carbons (Fsp3) is 0.462. The molecule has 1 saturated heterocycles. The van der Waals surface area contributed by atoms with Crippen LogP contribution in [0.15, 0.2) is 22.7 Å². The van der Waals surface area contributed by atoms with Gasteiger partial charge in [0.15, 0.2) is 0 Å². The topological polar surface area (TPSA) is 29.5 Å². The van der Waals surface area contributed by atoms with Crippen LogP contribution in [0.2, 0.25) is 5.02 Å². The van der Waals surface area contributed by atoms with Gasteiger partial charge < -0.3 is 9.64 Å². The molecule has 0 bridgehead atoms. The maximum absolute atomic E-state index is 12.1. The summed E-state index contributed by atoms with van der Waals surface area (Å²) in [5, 5.41) is 0.659. The number of nitrogens with zero attached hydrogens (tertiary/aromatic N) is 1. The molecule has 2 rings (SSSR count). The first-order chi connectivity index (χ1) is 8.60. The minimum atomic E-state index is 0.142. The van der Waals surface area contributed by atoms with Crippen LogP contribution in [0.1, 0.15) is 12.0 Å². The molecule has 1 aromatic carbocycles. The van der Waals surface area contributed by atoms with E-state index in [4.69, 9.17) is 16.3 Å². The van der Waals surface area contributed by atoms with Crippen molar-refractivity contribution in [2.75, 3.05) is 20.2 Å². The molecule has 0 radical (unpaired) electrons. The Bertz CT molecular complexity index is 453. The smallest absolute Gasteiger partial charge is 0.227 e. The van der Waals surface area contributed by atoms with Gasteiger partial charge in [0, 0.05) is 24.7 Å². The molecule has 5 heteroatoms. The van der Waals surface area contributed by atoms with Crippen molar-refractivity contribution in [2.45, 2.75) is 18.9 Å². The number of carbonyl (C=O) groups is 1. The summed E-state index contributed by atoms with van der Waals surface area (Å²) < 4.78 is 6.08. The van der Waals surface area contributed by atoms with Crippen LogP contribution in [0.4, 0.5) is 0 Å². The van der Waals surface area contributed by atoms with Crippen LogP contribution in [0.25, 0.3) is 0 Å². The van der Waals surface area contributed by atoms with E-state index < -0.39 is 0 Å². The van der Waals surface area contributed by atoms with E-state index in [1.165, 1.54) is 0 Å². The molecule has 1 amide bonds. The van der Waals surface area contributed by atoms with Crippen LogP contribution in [-0.4, -0.2) is 37.1 Å². The number of hydrogen-bond donors (Lipinski definition) is 0. The lowest BCUT2D eigenvalue weighted by atomic mass is 10.1. The highest BCUT2D eigenvalue weighted by molar-refractivity contribution is 9.10. The third kappa shape index (κ3) is 3.25. The molecule has 1 heterocycles. The van der Waals surface area contributed by atoms with E-state index in [-0.39, 0.29) is 12.0 Å². The molecule has 18 heavy (non-hydrogen) atoms. The van der Waals surface area contributed by atoms with E-state index in [9.17, 15) is 4.79 Å². The maximum Gasteiger partial charge on any atom is 0.227 e. The number of rotatable bonds is 3. The minimum absolute atomic E-state index is 0.142. The Labute approximate surface area is 120 Å². The number of ether oxygens (including phenoxy) is 1. The summed E-state index contributed by atoms with van der Waals surface area (Å²) in [6.07, 6.45) is 1.52. The van der Waals surface area contributed by atoms with Crippen molar-refractivity contribution in [2.24, 2.45) is 0 Å². The molecule has 0 N–H and O–H groups in total. The Morgan fingerprint density at radius 3 is 3.00 bits per heavy atom. The molecule has 3 nitrogen and oxygen atoms in total. The van der Waals surface area contributed by atoms with Crippen molar-refractivity contribution >= 4 is 33.4 Å². The lowest BCUT2D eigenvalue weighted by Crippen LogP contribution is -2.31. The molecule has 1 aliphatic heterocycles. The van der Waals surface area contributed by atoms with Crippen molar-refractivity contribution in [3.63, 3.8) is 0 Å². The SMILES string of the molecule is COC1CCN(C(=O)Cc2ccc(Cl)c(Br)c2)C1. The summed E-state index contributed by atoms with van der Waals surface area (Å²) in [5.41, 5.74) is 0.970. The third-order valence-corrected chi connectivity index (χ3v) is 4.38. The average molecular weight is 333 g/mol. The van der Waals surface area contributed by atoms with E-state index in [2.05, 4.69) is 15.9 Å². The number of methoxy groups -OCH3 is 1.